The molecule has 0 aromatic heterocycles. The lowest BCUT2D eigenvalue weighted by molar-refractivity contribution is -0.122. The van der Waals surface area contributed by atoms with Crippen LogP contribution in [0.4, 0.5) is 10.5 Å². The molecule has 0 aliphatic carbocycles. The Kier molecular flexibility index (Phi) is 6.11. The summed E-state index contributed by atoms with van der Waals surface area (Å²) in [7, 11) is 0. The molecule has 1 heterocycles. The molecular weight excluding hydrogens is 366 g/mol. The summed E-state index contributed by atoms with van der Waals surface area (Å²) in [5.41, 5.74) is 0.548. The van der Waals surface area contributed by atoms with Gasteiger partial charge in [0.1, 0.15) is 0 Å². The lowest BCUT2D eigenvalue weighted by Crippen LogP contribution is -2.47. The summed E-state index contributed by atoms with van der Waals surface area (Å²) in [4.78, 5) is 26.0. The first kappa shape index (κ1) is 19.4. The summed E-state index contributed by atoms with van der Waals surface area (Å²) >= 11 is 5.86. The number of carbonyl (C=O) groups is 2. The smallest absolute Gasteiger partial charge is 0.325 e. The fourth-order valence-electron chi connectivity index (χ4n) is 3.22. The molecule has 0 spiro atoms. The molecule has 3 N–H and O–H groups in total. The number of piperidine rings is 1. The molecule has 142 valence electrons. The molecule has 0 bridgehead atoms. The number of nitrogens with zero attached hydrogens (tertiary/aromatic N) is 1. The Morgan fingerprint density at radius 1 is 1.07 bits per heavy atom. The van der Waals surface area contributed by atoms with Gasteiger partial charge in [0.15, 0.2) is 0 Å². The highest BCUT2D eigenvalue weighted by molar-refractivity contribution is 6.30. The third-order valence-corrected chi connectivity index (χ3v) is 4.93. The van der Waals surface area contributed by atoms with Gasteiger partial charge >= 0.3 is 6.03 Å². The Morgan fingerprint density at radius 3 is 2.44 bits per heavy atom. The van der Waals surface area contributed by atoms with Crippen molar-refractivity contribution in [3.05, 3.63) is 65.2 Å². The SMILES string of the molecule is O=C(CN1CCC(O)(c2ccccc2)CC1)NC(=O)Nc1cccc(Cl)c1. The number of urea groups is 1. The van der Waals surface area contributed by atoms with Crippen molar-refractivity contribution >= 4 is 29.2 Å². The molecular formula is C20H22ClN3O3. The number of carbonyl (C=O) groups excluding carboxylic acids is 2. The van der Waals surface area contributed by atoms with Crippen LogP contribution in [0.1, 0.15) is 18.4 Å². The Bertz CT molecular complexity index is 805. The Hall–Kier alpha value is -2.41. The lowest BCUT2D eigenvalue weighted by atomic mass is 9.84. The summed E-state index contributed by atoms with van der Waals surface area (Å²) in [5, 5.41) is 16.2. The molecule has 6 nitrogen and oxygen atoms in total. The number of rotatable bonds is 4. The zero-order valence-corrected chi connectivity index (χ0v) is 15.6. The largest absolute Gasteiger partial charge is 0.385 e. The summed E-state index contributed by atoms with van der Waals surface area (Å²) in [5.74, 6) is -0.389. The van der Waals surface area contributed by atoms with Crippen LogP contribution in [-0.4, -0.2) is 41.6 Å². The zero-order chi connectivity index (χ0) is 19.3. The van der Waals surface area contributed by atoms with Crippen LogP contribution in [-0.2, 0) is 10.4 Å². The predicted molar refractivity (Wildman–Crippen MR) is 105 cm³/mol. The summed E-state index contributed by atoms with van der Waals surface area (Å²) in [6, 6.07) is 15.7. The molecule has 1 aliphatic rings. The normalized spacial score (nSPS) is 16.5. The Labute approximate surface area is 163 Å². The lowest BCUT2D eigenvalue weighted by Gasteiger charge is -2.38. The molecule has 27 heavy (non-hydrogen) atoms. The summed E-state index contributed by atoms with van der Waals surface area (Å²) < 4.78 is 0. The van der Waals surface area contributed by atoms with E-state index in [2.05, 4.69) is 10.6 Å². The Balaban J connectivity index is 1.46. The quantitative estimate of drug-likeness (QED) is 0.753. The number of likely N-dealkylation sites (tertiary alicyclic amines) is 1. The molecule has 2 aromatic rings. The van der Waals surface area contributed by atoms with E-state index < -0.39 is 11.6 Å². The average molecular weight is 388 g/mol. The van der Waals surface area contributed by atoms with Gasteiger partial charge in [0.05, 0.1) is 12.1 Å². The van der Waals surface area contributed by atoms with Crippen molar-refractivity contribution in [1.29, 1.82) is 0 Å². The van der Waals surface area contributed by atoms with Crippen molar-refractivity contribution in [2.75, 3.05) is 25.0 Å². The average Bonchev–Trinajstić information content (AvgIpc) is 2.64. The van der Waals surface area contributed by atoms with Gasteiger partial charge < -0.3 is 10.4 Å². The fraction of sp³-hybridized carbons (Fsp3) is 0.300. The monoisotopic (exact) mass is 387 g/mol. The number of benzene rings is 2. The number of hydrogen-bond acceptors (Lipinski definition) is 4. The topological polar surface area (TPSA) is 81.7 Å². The van der Waals surface area contributed by atoms with Crippen molar-refractivity contribution < 1.29 is 14.7 Å². The highest BCUT2D eigenvalue weighted by Crippen LogP contribution is 2.32. The van der Waals surface area contributed by atoms with Crippen molar-refractivity contribution in [1.82, 2.24) is 10.2 Å². The minimum Gasteiger partial charge on any atom is -0.385 e. The van der Waals surface area contributed by atoms with Gasteiger partial charge in [0.2, 0.25) is 5.91 Å². The van der Waals surface area contributed by atoms with E-state index in [1.165, 1.54) is 0 Å². The molecule has 0 unspecified atom stereocenters. The van der Waals surface area contributed by atoms with Crippen LogP contribution < -0.4 is 10.6 Å². The molecule has 3 rings (SSSR count). The molecule has 2 aromatic carbocycles. The third-order valence-electron chi connectivity index (χ3n) is 4.70. The summed E-state index contributed by atoms with van der Waals surface area (Å²) in [6.45, 7) is 1.26. The second kappa shape index (κ2) is 8.52. The van der Waals surface area contributed by atoms with E-state index in [0.29, 0.717) is 36.6 Å². The second-order valence-corrected chi connectivity index (χ2v) is 7.12. The van der Waals surface area contributed by atoms with Crippen LogP contribution in [0.15, 0.2) is 54.6 Å². The predicted octanol–water partition coefficient (Wildman–Crippen LogP) is 2.97. The van der Waals surface area contributed by atoms with Crippen LogP contribution in [0.3, 0.4) is 0 Å². The minimum atomic E-state index is -0.863. The molecule has 0 atom stereocenters. The van der Waals surface area contributed by atoms with E-state index >= 15 is 0 Å². The van der Waals surface area contributed by atoms with Gasteiger partial charge in [-0.15, -0.1) is 0 Å². The van der Waals surface area contributed by atoms with Gasteiger partial charge in [-0.05, 0) is 36.6 Å². The number of amides is 3. The van der Waals surface area contributed by atoms with Crippen molar-refractivity contribution in [3.63, 3.8) is 0 Å². The minimum absolute atomic E-state index is 0.105. The van der Waals surface area contributed by atoms with E-state index in [1.54, 1.807) is 24.3 Å². The highest BCUT2D eigenvalue weighted by atomic mass is 35.5. The maximum atomic E-state index is 12.1. The van der Waals surface area contributed by atoms with Crippen molar-refractivity contribution in [3.8, 4) is 0 Å². The molecule has 1 fully saturated rings. The van der Waals surface area contributed by atoms with Crippen LogP contribution >= 0.6 is 11.6 Å². The second-order valence-electron chi connectivity index (χ2n) is 6.69. The number of imide groups is 1. The first-order chi connectivity index (χ1) is 12.9. The fourth-order valence-corrected chi connectivity index (χ4v) is 3.41. The van der Waals surface area contributed by atoms with Gasteiger partial charge in [0.25, 0.3) is 0 Å². The highest BCUT2D eigenvalue weighted by Gasteiger charge is 2.34. The Morgan fingerprint density at radius 2 is 1.78 bits per heavy atom. The van der Waals surface area contributed by atoms with E-state index in [9.17, 15) is 14.7 Å². The third kappa shape index (κ3) is 5.29. The van der Waals surface area contributed by atoms with Gasteiger partial charge in [-0.3, -0.25) is 15.0 Å². The van der Waals surface area contributed by atoms with E-state index in [0.717, 1.165) is 5.56 Å². The van der Waals surface area contributed by atoms with E-state index in [4.69, 9.17) is 11.6 Å². The number of aliphatic hydroxyl groups is 1. The van der Waals surface area contributed by atoms with Crippen molar-refractivity contribution in [2.45, 2.75) is 18.4 Å². The van der Waals surface area contributed by atoms with Crippen molar-refractivity contribution in [2.24, 2.45) is 0 Å². The first-order valence-corrected chi connectivity index (χ1v) is 9.19. The van der Waals surface area contributed by atoms with Crippen LogP contribution in [0, 0.1) is 0 Å². The summed E-state index contributed by atoms with van der Waals surface area (Å²) in [6.07, 6.45) is 1.08. The number of hydrogen-bond donors (Lipinski definition) is 3. The molecule has 3 amide bonds. The van der Waals surface area contributed by atoms with Crippen LogP contribution in [0.5, 0.6) is 0 Å². The molecule has 1 saturated heterocycles. The van der Waals surface area contributed by atoms with Gasteiger partial charge in [-0.1, -0.05) is 48.0 Å². The number of nitrogens with one attached hydrogen (secondary N) is 2. The first-order valence-electron chi connectivity index (χ1n) is 8.81. The number of halogens is 1. The van der Waals surface area contributed by atoms with Gasteiger partial charge in [-0.2, -0.15) is 0 Å². The van der Waals surface area contributed by atoms with Crippen LogP contribution in [0.2, 0.25) is 5.02 Å². The maximum absolute atomic E-state index is 12.1. The van der Waals surface area contributed by atoms with Gasteiger partial charge in [0, 0.05) is 23.8 Å². The standard InChI is InChI=1S/C20H22ClN3O3/c21-16-7-4-8-17(13-16)22-19(26)23-18(25)14-24-11-9-20(27,10-12-24)15-5-2-1-3-6-15/h1-8,13,27H,9-12,14H2,(H2,22,23,25,26). The van der Waals surface area contributed by atoms with Crippen LogP contribution in [0.25, 0.3) is 0 Å². The molecule has 0 radical (unpaired) electrons. The molecule has 1 aliphatic heterocycles. The maximum Gasteiger partial charge on any atom is 0.325 e. The van der Waals surface area contributed by atoms with E-state index in [1.807, 2.05) is 35.2 Å². The van der Waals surface area contributed by atoms with Gasteiger partial charge in [-0.25, -0.2) is 4.79 Å². The zero-order valence-electron chi connectivity index (χ0n) is 14.8. The van der Waals surface area contributed by atoms with E-state index in [-0.39, 0.29) is 12.5 Å². The molecule has 7 heteroatoms. The number of anilines is 1. The molecule has 0 saturated carbocycles.